The summed E-state index contributed by atoms with van der Waals surface area (Å²) in [4.78, 5) is 3.67. The molecule has 2 atom stereocenters. The number of hydrogen-bond acceptors (Lipinski definition) is 2. The lowest BCUT2D eigenvalue weighted by Crippen LogP contribution is -2.34. The van der Waals surface area contributed by atoms with Crippen molar-refractivity contribution >= 4 is 6.72 Å². The minimum atomic E-state index is -0.183. The highest BCUT2D eigenvalue weighted by Crippen LogP contribution is 2.21. The molecular formula is C5H9NO. The molecule has 1 fully saturated rings. The van der Waals surface area contributed by atoms with Crippen LogP contribution in [0.3, 0.4) is 0 Å². The van der Waals surface area contributed by atoms with Crippen molar-refractivity contribution in [3.63, 3.8) is 0 Å². The van der Waals surface area contributed by atoms with Gasteiger partial charge in [-0.25, -0.2) is 0 Å². The Hall–Kier alpha value is -0.370. The van der Waals surface area contributed by atoms with Gasteiger partial charge in [-0.2, -0.15) is 0 Å². The van der Waals surface area contributed by atoms with E-state index in [0.29, 0.717) is 0 Å². The van der Waals surface area contributed by atoms with E-state index in [4.69, 9.17) is 5.11 Å². The number of aliphatic hydroxyl groups is 1. The molecule has 7 heavy (non-hydrogen) atoms. The fourth-order valence-electron chi connectivity index (χ4n) is 0.678. The van der Waals surface area contributed by atoms with Crippen LogP contribution in [0.2, 0.25) is 0 Å². The molecule has 0 aromatic heterocycles. The first-order valence-electron chi connectivity index (χ1n) is 2.48. The minimum Gasteiger partial charge on any atom is -0.391 e. The van der Waals surface area contributed by atoms with Gasteiger partial charge in [-0.05, 0) is 19.6 Å². The van der Waals surface area contributed by atoms with Crippen LogP contribution >= 0.6 is 0 Å². The molecule has 1 aliphatic rings. The van der Waals surface area contributed by atoms with Crippen LogP contribution in [-0.4, -0.2) is 24.0 Å². The van der Waals surface area contributed by atoms with Crippen molar-refractivity contribution in [1.29, 1.82) is 0 Å². The van der Waals surface area contributed by atoms with Gasteiger partial charge in [0, 0.05) is 0 Å². The van der Waals surface area contributed by atoms with E-state index in [-0.39, 0.29) is 12.1 Å². The van der Waals surface area contributed by atoms with Crippen molar-refractivity contribution in [2.45, 2.75) is 25.0 Å². The first-order chi connectivity index (χ1) is 3.34. The van der Waals surface area contributed by atoms with Crippen molar-refractivity contribution in [2.24, 2.45) is 4.99 Å². The van der Waals surface area contributed by atoms with E-state index < -0.39 is 0 Å². The average molecular weight is 99.1 g/mol. The zero-order valence-corrected chi connectivity index (χ0v) is 4.17. The lowest BCUT2D eigenvalue weighted by atomic mass is 9.90. The Bertz CT molecular complexity index is 82.1. The van der Waals surface area contributed by atoms with Gasteiger partial charge in [0.05, 0.1) is 12.1 Å². The zero-order chi connectivity index (χ0) is 5.28. The third-order valence-corrected chi connectivity index (χ3v) is 1.44. The quantitative estimate of drug-likeness (QED) is 0.468. The fourth-order valence-corrected chi connectivity index (χ4v) is 0.678. The van der Waals surface area contributed by atoms with Gasteiger partial charge in [-0.1, -0.05) is 0 Å². The van der Waals surface area contributed by atoms with Crippen LogP contribution in [0.25, 0.3) is 0 Å². The molecule has 1 saturated carbocycles. The van der Waals surface area contributed by atoms with Crippen LogP contribution < -0.4 is 0 Å². The molecule has 0 aliphatic heterocycles. The highest BCUT2D eigenvalue weighted by Gasteiger charge is 2.26. The summed E-state index contributed by atoms with van der Waals surface area (Å²) in [5, 5.41) is 8.77. The molecule has 2 unspecified atom stereocenters. The van der Waals surface area contributed by atoms with Gasteiger partial charge in [0.2, 0.25) is 0 Å². The summed E-state index contributed by atoms with van der Waals surface area (Å²) >= 11 is 0. The topological polar surface area (TPSA) is 32.6 Å². The minimum absolute atomic E-state index is 0.153. The molecule has 1 aliphatic carbocycles. The van der Waals surface area contributed by atoms with Crippen molar-refractivity contribution < 1.29 is 5.11 Å². The second kappa shape index (κ2) is 1.62. The lowest BCUT2D eigenvalue weighted by molar-refractivity contribution is 0.0709. The van der Waals surface area contributed by atoms with Gasteiger partial charge in [-0.15, -0.1) is 0 Å². The van der Waals surface area contributed by atoms with Crippen molar-refractivity contribution in [1.82, 2.24) is 0 Å². The maximum Gasteiger partial charge on any atom is 0.0764 e. The van der Waals surface area contributed by atoms with Crippen LogP contribution in [0.15, 0.2) is 4.99 Å². The molecule has 0 amide bonds. The predicted octanol–water partition coefficient (Wildman–Crippen LogP) is 0.210. The smallest absolute Gasteiger partial charge is 0.0764 e. The van der Waals surface area contributed by atoms with Gasteiger partial charge in [0.1, 0.15) is 0 Å². The molecule has 40 valence electrons. The number of aliphatic imine (C=N–C) groups is 1. The molecule has 0 heterocycles. The third kappa shape index (κ3) is 0.657. The predicted molar refractivity (Wildman–Crippen MR) is 28.6 cm³/mol. The summed E-state index contributed by atoms with van der Waals surface area (Å²) in [5.74, 6) is 0. The maximum atomic E-state index is 8.77. The number of hydrogen-bond donors (Lipinski definition) is 1. The molecule has 1 N–H and O–H groups in total. The first-order valence-corrected chi connectivity index (χ1v) is 2.48. The van der Waals surface area contributed by atoms with Crippen LogP contribution in [0, 0.1) is 0 Å². The van der Waals surface area contributed by atoms with Gasteiger partial charge in [0.15, 0.2) is 0 Å². The van der Waals surface area contributed by atoms with Crippen molar-refractivity contribution in [2.75, 3.05) is 0 Å². The zero-order valence-electron chi connectivity index (χ0n) is 4.17. The first kappa shape index (κ1) is 4.78. The molecule has 0 aromatic carbocycles. The highest BCUT2D eigenvalue weighted by atomic mass is 16.3. The Morgan fingerprint density at radius 2 is 2.29 bits per heavy atom. The number of aliphatic hydroxyl groups excluding tert-OH is 1. The van der Waals surface area contributed by atoms with Crippen LogP contribution in [0.1, 0.15) is 12.8 Å². The molecule has 2 heteroatoms. The van der Waals surface area contributed by atoms with Crippen LogP contribution in [0.5, 0.6) is 0 Å². The molecule has 0 spiro atoms. The summed E-state index contributed by atoms with van der Waals surface area (Å²) in [7, 11) is 0. The van der Waals surface area contributed by atoms with E-state index in [1.54, 1.807) is 0 Å². The van der Waals surface area contributed by atoms with E-state index >= 15 is 0 Å². The Morgan fingerprint density at radius 3 is 2.29 bits per heavy atom. The normalized spacial score (nSPS) is 39.6. The molecule has 0 saturated heterocycles. The van der Waals surface area contributed by atoms with Gasteiger partial charge in [-0.3, -0.25) is 4.99 Å². The summed E-state index contributed by atoms with van der Waals surface area (Å²) in [6, 6.07) is 0.153. The molecule has 0 bridgehead atoms. The van der Waals surface area contributed by atoms with Gasteiger partial charge >= 0.3 is 0 Å². The fraction of sp³-hybridized carbons (Fsp3) is 0.800. The Kier molecular flexibility index (Phi) is 1.11. The number of nitrogens with zero attached hydrogens (tertiary/aromatic N) is 1. The van der Waals surface area contributed by atoms with Gasteiger partial charge in [0.25, 0.3) is 0 Å². The number of rotatable bonds is 1. The average Bonchev–Trinajstić information content (AvgIpc) is 1.65. The van der Waals surface area contributed by atoms with Gasteiger partial charge < -0.3 is 5.11 Å². The lowest BCUT2D eigenvalue weighted by Gasteiger charge is -2.27. The Morgan fingerprint density at radius 1 is 1.57 bits per heavy atom. The molecular weight excluding hydrogens is 90.1 g/mol. The van der Waals surface area contributed by atoms with E-state index in [1.165, 1.54) is 0 Å². The van der Waals surface area contributed by atoms with E-state index in [9.17, 15) is 0 Å². The maximum absolute atomic E-state index is 8.77. The monoisotopic (exact) mass is 99.1 g/mol. The Labute approximate surface area is 42.9 Å². The SMILES string of the molecule is C=NC1CCC1O. The summed E-state index contributed by atoms with van der Waals surface area (Å²) in [6.07, 6.45) is 1.74. The summed E-state index contributed by atoms with van der Waals surface area (Å²) < 4.78 is 0. The van der Waals surface area contributed by atoms with Crippen LogP contribution in [-0.2, 0) is 0 Å². The molecule has 2 nitrogen and oxygen atoms in total. The largest absolute Gasteiger partial charge is 0.391 e. The van der Waals surface area contributed by atoms with Crippen LogP contribution in [0.4, 0.5) is 0 Å². The van der Waals surface area contributed by atoms with Crippen molar-refractivity contribution in [3.05, 3.63) is 0 Å². The van der Waals surface area contributed by atoms with E-state index in [1.807, 2.05) is 0 Å². The second-order valence-corrected chi connectivity index (χ2v) is 1.89. The summed E-state index contributed by atoms with van der Waals surface area (Å²) in [5.41, 5.74) is 0. The standard InChI is InChI=1S/C5H9NO/c1-6-4-2-3-5(4)7/h4-5,7H,1-3H2. The third-order valence-electron chi connectivity index (χ3n) is 1.44. The second-order valence-electron chi connectivity index (χ2n) is 1.89. The molecule has 1 rings (SSSR count). The molecule has 0 aromatic rings. The van der Waals surface area contributed by atoms with E-state index in [2.05, 4.69) is 11.7 Å². The summed E-state index contributed by atoms with van der Waals surface area (Å²) in [6.45, 7) is 3.32. The van der Waals surface area contributed by atoms with E-state index in [0.717, 1.165) is 12.8 Å². The van der Waals surface area contributed by atoms with Crippen molar-refractivity contribution in [3.8, 4) is 0 Å². The highest BCUT2D eigenvalue weighted by molar-refractivity contribution is 5.25. The molecule has 0 radical (unpaired) electrons. The Balaban J connectivity index is 2.28.